The van der Waals surface area contributed by atoms with Crippen LogP contribution in [0.25, 0.3) is 10.9 Å². The molecular formula is C15H23N2+. The highest BCUT2D eigenvalue weighted by Gasteiger charge is 2.10. The van der Waals surface area contributed by atoms with Crippen molar-refractivity contribution in [3.63, 3.8) is 0 Å². The van der Waals surface area contributed by atoms with E-state index in [4.69, 9.17) is 0 Å². The molecule has 1 aromatic heterocycles. The first-order valence-corrected chi connectivity index (χ1v) is 6.57. The lowest BCUT2D eigenvalue weighted by Crippen LogP contribution is -2.51. The van der Waals surface area contributed by atoms with Gasteiger partial charge in [0.15, 0.2) is 0 Å². The highest BCUT2D eigenvalue weighted by Crippen LogP contribution is 2.27. The Labute approximate surface area is 103 Å². The van der Waals surface area contributed by atoms with E-state index in [1.54, 1.807) is 0 Å². The number of rotatable bonds is 4. The largest absolute Gasteiger partial charge is 0.358 e. The molecule has 17 heavy (non-hydrogen) atoms. The molecule has 1 heterocycles. The zero-order chi connectivity index (χ0) is 12.4. The Balaban J connectivity index is 2.54. The van der Waals surface area contributed by atoms with Crippen molar-refractivity contribution in [2.75, 3.05) is 6.54 Å². The minimum Gasteiger partial charge on any atom is -0.358 e. The standard InChI is InChI=1S/C15H22N2/c1-4-10(2)12-5-6-15-14(9-12)13(7-8-16)11(3)17-15/h5-6,9-10,17H,4,7-8,16H2,1-3H3/p+1/t10-/m1/s1. The third kappa shape index (κ3) is 2.22. The molecule has 0 amide bonds. The van der Waals surface area contributed by atoms with Crippen LogP contribution in [0.15, 0.2) is 18.2 Å². The van der Waals surface area contributed by atoms with Crippen LogP contribution in [0.3, 0.4) is 0 Å². The molecule has 2 nitrogen and oxygen atoms in total. The van der Waals surface area contributed by atoms with Gasteiger partial charge in [0.2, 0.25) is 0 Å². The van der Waals surface area contributed by atoms with E-state index >= 15 is 0 Å². The summed E-state index contributed by atoms with van der Waals surface area (Å²) in [5.74, 6) is 0.641. The Hall–Kier alpha value is -1.28. The zero-order valence-electron chi connectivity index (χ0n) is 11.1. The minimum atomic E-state index is 0.641. The molecule has 2 heteroatoms. The monoisotopic (exact) mass is 231 g/mol. The maximum atomic E-state index is 3.97. The molecule has 2 rings (SSSR count). The average Bonchev–Trinajstić information content (AvgIpc) is 2.65. The first-order valence-electron chi connectivity index (χ1n) is 6.57. The highest BCUT2D eigenvalue weighted by molar-refractivity contribution is 5.85. The number of nitrogens with one attached hydrogen (secondary N) is 1. The quantitative estimate of drug-likeness (QED) is 0.812. The zero-order valence-corrected chi connectivity index (χ0v) is 11.1. The van der Waals surface area contributed by atoms with Crippen molar-refractivity contribution in [2.45, 2.75) is 39.5 Å². The van der Waals surface area contributed by atoms with Gasteiger partial charge in [0.1, 0.15) is 0 Å². The summed E-state index contributed by atoms with van der Waals surface area (Å²) in [6.45, 7) is 7.66. The summed E-state index contributed by atoms with van der Waals surface area (Å²) in [5, 5.41) is 1.39. The fourth-order valence-electron chi connectivity index (χ4n) is 2.44. The van der Waals surface area contributed by atoms with Crippen molar-refractivity contribution in [1.29, 1.82) is 0 Å². The number of quaternary nitrogens is 1. The number of aromatic nitrogens is 1. The Morgan fingerprint density at radius 1 is 1.35 bits per heavy atom. The summed E-state index contributed by atoms with van der Waals surface area (Å²) in [5.41, 5.74) is 9.42. The smallest absolute Gasteiger partial charge is 0.0781 e. The van der Waals surface area contributed by atoms with Crippen LogP contribution >= 0.6 is 0 Å². The molecule has 0 saturated heterocycles. The van der Waals surface area contributed by atoms with Crippen LogP contribution in [0.1, 0.15) is 43.0 Å². The van der Waals surface area contributed by atoms with Crippen molar-refractivity contribution in [1.82, 2.24) is 4.98 Å². The van der Waals surface area contributed by atoms with Gasteiger partial charge in [0.05, 0.1) is 6.54 Å². The van der Waals surface area contributed by atoms with Crippen LogP contribution in [-0.4, -0.2) is 11.5 Å². The lowest BCUT2D eigenvalue weighted by atomic mass is 9.96. The average molecular weight is 231 g/mol. The van der Waals surface area contributed by atoms with Gasteiger partial charge < -0.3 is 10.7 Å². The molecule has 0 fully saturated rings. The molecule has 0 radical (unpaired) electrons. The van der Waals surface area contributed by atoms with Gasteiger partial charge in [-0.05, 0) is 42.5 Å². The van der Waals surface area contributed by atoms with Crippen molar-refractivity contribution < 1.29 is 5.73 Å². The number of H-pyrrole nitrogens is 1. The third-order valence-corrected chi connectivity index (χ3v) is 3.75. The summed E-state index contributed by atoms with van der Waals surface area (Å²) in [6.07, 6.45) is 2.26. The molecule has 4 N–H and O–H groups in total. The van der Waals surface area contributed by atoms with Crippen LogP contribution in [0.5, 0.6) is 0 Å². The van der Waals surface area contributed by atoms with E-state index in [0.29, 0.717) is 5.92 Å². The van der Waals surface area contributed by atoms with Gasteiger partial charge in [-0.25, -0.2) is 0 Å². The van der Waals surface area contributed by atoms with Crippen LogP contribution in [0.4, 0.5) is 0 Å². The molecule has 1 aromatic carbocycles. The van der Waals surface area contributed by atoms with E-state index in [-0.39, 0.29) is 0 Å². The molecule has 0 aliphatic heterocycles. The van der Waals surface area contributed by atoms with Crippen LogP contribution in [0, 0.1) is 6.92 Å². The van der Waals surface area contributed by atoms with Crippen LogP contribution in [-0.2, 0) is 6.42 Å². The van der Waals surface area contributed by atoms with E-state index in [9.17, 15) is 0 Å². The lowest BCUT2D eigenvalue weighted by molar-refractivity contribution is -0.366. The molecule has 2 aromatic rings. The van der Waals surface area contributed by atoms with Gasteiger partial charge in [-0.15, -0.1) is 0 Å². The molecule has 0 unspecified atom stereocenters. The SMILES string of the molecule is CC[C@@H](C)c1ccc2[nH]c(C)c(CC[NH3+])c2c1. The summed E-state index contributed by atoms with van der Waals surface area (Å²) in [7, 11) is 0. The van der Waals surface area contributed by atoms with E-state index < -0.39 is 0 Å². The maximum absolute atomic E-state index is 3.97. The number of aromatic amines is 1. The second-order valence-electron chi connectivity index (χ2n) is 4.95. The Kier molecular flexibility index (Phi) is 3.53. The lowest BCUT2D eigenvalue weighted by Gasteiger charge is -2.09. The molecular weight excluding hydrogens is 208 g/mol. The normalized spacial score (nSPS) is 13.2. The fourth-order valence-corrected chi connectivity index (χ4v) is 2.44. The first-order chi connectivity index (χ1) is 8.17. The molecule has 92 valence electrons. The second kappa shape index (κ2) is 4.92. The molecule has 1 atom stereocenters. The summed E-state index contributed by atoms with van der Waals surface area (Å²) in [4.78, 5) is 3.47. The van der Waals surface area contributed by atoms with Gasteiger partial charge >= 0.3 is 0 Å². The Bertz CT molecular complexity index is 511. The Morgan fingerprint density at radius 2 is 2.12 bits per heavy atom. The Morgan fingerprint density at radius 3 is 2.76 bits per heavy atom. The summed E-state index contributed by atoms with van der Waals surface area (Å²) < 4.78 is 0. The number of aryl methyl sites for hydroxylation is 1. The van der Waals surface area contributed by atoms with Crippen LogP contribution < -0.4 is 5.73 Å². The molecule has 0 spiro atoms. The van der Waals surface area contributed by atoms with Gasteiger partial charge in [-0.1, -0.05) is 19.9 Å². The van der Waals surface area contributed by atoms with Gasteiger partial charge in [0.25, 0.3) is 0 Å². The van der Waals surface area contributed by atoms with E-state index in [1.165, 1.54) is 34.1 Å². The maximum Gasteiger partial charge on any atom is 0.0781 e. The van der Waals surface area contributed by atoms with Crippen LogP contribution in [0.2, 0.25) is 0 Å². The number of hydrogen-bond acceptors (Lipinski definition) is 0. The summed E-state index contributed by atoms with van der Waals surface area (Å²) >= 11 is 0. The molecule has 0 aliphatic rings. The van der Waals surface area contributed by atoms with Crippen molar-refractivity contribution in [3.05, 3.63) is 35.0 Å². The van der Waals surface area contributed by atoms with Crippen molar-refractivity contribution >= 4 is 10.9 Å². The van der Waals surface area contributed by atoms with Gasteiger partial charge in [0, 0.05) is 23.0 Å². The summed E-state index contributed by atoms with van der Waals surface area (Å²) in [6, 6.07) is 6.83. The van der Waals surface area contributed by atoms with E-state index in [2.05, 4.69) is 49.7 Å². The predicted molar refractivity (Wildman–Crippen MR) is 73.2 cm³/mol. The highest BCUT2D eigenvalue weighted by atomic mass is 14.7. The second-order valence-corrected chi connectivity index (χ2v) is 4.95. The molecule has 0 bridgehead atoms. The molecule has 0 aliphatic carbocycles. The number of fused-ring (bicyclic) bond motifs is 1. The third-order valence-electron chi connectivity index (χ3n) is 3.75. The van der Waals surface area contributed by atoms with Gasteiger partial charge in [-0.2, -0.15) is 0 Å². The predicted octanol–water partition coefficient (Wildman–Crippen LogP) is 2.77. The topological polar surface area (TPSA) is 43.4 Å². The fraction of sp³-hybridized carbons (Fsp3) is 0.467. The number of benzene rings is 1. The first kappa shape index (κ1) is 12.2. The van der Waals surface area contributed by atoms with Crippen molar-refractivity contribution in [2.24, 2.45) is 0 Å². The number of hydrogen-bond donors (Lipinski definition) is 2. The van der Waals surface area contributed by atoms with Gasteiger partial charge in [-0.3, -0.25) is 0 Å². The molecule has 0 saturated carbocycles. The minimum absolute atomic E-state index is 0.641. The van der Waals surface area contributed by atoms with E-state index in [1.807, 2.05) is 0 Å². The van der Waals surface area contributed by atoms with E-state index in [0.717, 1.165) is 13.0 Å². The van der Waals surface area contributed by atoms with Crippen molar-refractivity contribution in [3.8, 4) is 0 Å².